The lowest BCUT2D eigenvalue weighted by atomic mass is 9.82. The fourth-order valence-electron chi connectivity index (χ4n) is 2.01. The molecule has 2 nitrogen and oxygen atoms in total. The third-order valence-electron chi connectivity index (χ3n) is 3.84. The molecule has 2 aromatic rings. The van der Waals surface area contributed by atoms with Crippen molar-refractivity contribution in [2.45, 2.75) is 38.6 Å². The summed E-state index contributed by atoms with van der Waals surface area (Å²) in [6, 6.07) is 11.7. The minimum atomic E-state index is -0.272. The first-order valence-electron chi connectivity index (χ1n) is 6.55. The van der Waals surface area contributed by atoms with E-state index in [1.165, 1.54) is 5.56 Å². The van der Waals surface area contributed by atoms with Gasteiger partial charge in [-0.1, -0.05) is 45.0 Å². The van der Waals surface area contributed by atoms with E-state index in [0.29, 0.717) is 11.0 Å². The van der Waals surface area contributed by atoms with Gasteiger partial charge in [0.2, 0.25) is 0 Å². The van der Waals surface area contributed by atoms with Crippen LogP contribution in [0.25, 0.3) is 0 Å². The van der Waals surface area contributed by atoms with Crippen LogP contribution in [0.5, 0.6) is 0 Å². The van der Waals surface area contributed by atoms with Gasteiger partial charge in [-0.2, -0.15) is 0 Å². The molecule has 3 heteroatoms. The zero-order valence-electron chi connectivity index (χ0n) is 11.6. The third-order valence-corrected chi connectivity index (χ3v) is 4.04. The highest BCUT2D eigenvalue weighted by Crippen LogP contribution is 2.29. The smallest absolute Gasteiger partial charge is 0.193 e. The molecule has 0 aliphatic heterocycles. The number of nitrogens with two attached hydrogens (primary N) is 1. The van der Waals surface area contributed by atoms with Crippen LogP contribution in [0, 0.1) is 0 Å². The summed E-state index contributed by atoms with van der Waals surface area (Å²) in [7, 11) is 0. The van der Waals surface area contributed by atoms with Crippen LogP contribution in [0.4, 0.5) is 0 Å². The largest absolute Gasteiger partial charge is 0.448 e. The first kappa shape index (κ1) is 14.2. The molecule has 0 radical (unpaired) electrons. The molecule has 0 bridgehead atoms. The maximum atomic E-state index is 6.17. The van der Waals surface area contributed by atoms with E-state index < -0.39 is 0 Å². The van der Waals surface area contributed by atoms with Crippen molar-refractivity contribution < 1.29 is 4.42 Å². The van der Waals surface area contributed by atoms with Crippen molar-refractivity contribution in [1.29, 1.82) is 0 Å². The van der Waals surface area contributed by atoms with E-state index in [1.54, 1.807) is 6.07 Å². The van der Waals surface area contributed by atoms with Gasteiger partial charge in [0, 0.05) is 0 Å². The average molecular weight is 278 g/mol. The zero-order valence-corrected chi connectivity index (χ0v) is 12.4. The Labute approximate surface area is 119 Å². The molecule has 1 aromatic carbocycles. The van der Waals surface area contributed by atoms with Crippen LogP contribution in [-0.2, 0) is 5.41 Å². The van der Waals surface area contributed by atoms with E-state index >= 15 is 0 Å². The number of halogens is 1. The second-order valence-corrected chi connectivity index (χ2v) is 5.85. The van der Waals surface area contributed by atoms with Crippen LogP contribution >= 0.6 is 11.6 Å². The lowest BCUT2D eigenvalue weighted by Crippen LogP contribution is -2.16. The van der Waals surface area contributed by atoms with E-state index in [-0.39, 0.29) is 11.5 Å². The molecule has 102 valence electrons. The van der Waals surface area contributed by atoms with Crippen molar-refractivity contribution in [2.75, 3.05) is 0 Å². The van der Waals surface area contributed by atoms with Crippen LogP contribution in [0.1, 0.15) is 50.1 Å². The van der Waals surface area contributed by atoms with Crippen molar-refractivity contribution in [3.63, 3.8) is 0 Å². The molecule has 0 saturated carbocycles. The fraction of sp³-hybridized carbons (Fsp3) is 0.375. The maximum absolute atomic E-state index is 6.17. The quantitative estimate of drug-likeness (QED) is 0.882. The molecule has 19 heavy (non-hydrogen) atoms. The number of hydrogen-bond acceptors (Lipinski definition) is 2. The SMILES string of the molecule is CCC(C)(C)c1ccc(C(N)c2ccc(Cl)o2)cc1. The van der Waals surface area contributed by atoms with Gasteiger partial charge in [0.25, 0.3) is 0 Å². The number of benzene rings is 1. The molecule has 1 heterocycles. The second-order valence-electron chi connectivity index (χ2n) is 5.48. The molecule has 2 rings (SSSR count). The van der Waals surface area contributed by atoms with E-state index in [0.717, 1.165) is 12.0 Å². The Bertz CT molecular complexity index is 542. The zero-order chi connectivity index (χ0) is 14.0. The molecule has 1 unspecified atom stereocenters. The predicted octanol–water partition coefficient (Wildman–Crippen LogP) is 4.67. The van der Waals surface area contributed by atoms with Crippen molar-refractivity contribution in [3.05, 3.63) is 58.5 Å². The Balaban J connectivity index is 2.23. The van der Waals surface area contributed by atoms with Crippen LogP contribution in [-0.4, -0.2) is 0 Å². The van der Waals surface area contributed by atoms with Gasteiger partial charge in [-0.05, 0) is 46.7 Å². The molecular formula is C16H20ClNO. The summed E-state index contributed by atoms with van der Waals surface area (Å²) < 4.78 is 5.36. The Morgan fingerprint density at radius 3 is 2.26 bits per heavy atom. The number of furan rings is 1. The molecule has 0 spiro atoms. The van der Waals surface area contributed by atoms with Crippen molar-refractivity contribution >= 4 is 11.6 Å². The van der Waals surface area contributed by atoms with Gasteiger partial charge in [0.05, 0.1) is 6.04 Å². The van der Waals surface area contributed by atoms with Crippen molar-refractivity contribution in [3.8, 4) is 0 Å². The highest BCUT2D eigenvalue weighted by atomic mass is 35.5. The number of hydrogen-bond donors (Lipinski definition) is 1. The predicted molar refractivity (Wildman–Crippen MR) is 79.5 cm³/mol. The monoisotopic (exact) mass is 277 g/mol. The molecular weight excluding hydrogens is 258 g/mol. The summed E-state index contributed by atoms with van der Waals surface area (Å²) in [6.45, 7) is 6.69. The Morgan fingerprint density at radius 2 is 1.79 bits per heavy atom. The summed E-state index contributed by atoms with van der Waals surface area (Å²) in [6.07, 6.45) is 1.10. The van der Waals surface area contributed by atoms with Crippen LogP contribution in [0.3, 0.4) is 0 Å². The molecule has 0 fully saturated rings. The summed E-state index contributed by atoms with van der Waals surface area (Å²) in [5.41, 5.74) is 8.71. The minimum absolute atomic E-state index is 0.191. The molecule has 0 aliphatic carbocycles. The summed E-state index contributed by atoms with van der Waals surface area (Å²) in [4.78, 5) is 0. The highest BCUT2D eigenvalue weighted by Gasteiger charge is 2.19. The van der Waals surface area contributed by atoms with Crippen LogP contribution < -0.4 is 5.73 Å². The van der Waals surface area contributed by atoms with Gasteiger partial charge in [-0.15, -0.1) is 0 Å². The fourth-order valence-corrected chi connectivity index (χ4v) is 2.16. The summed E-state index contributed by atoms with van der Waals surface area (Å²) in [5.74, 6) is 0.688. The molecule has 0 amide bonds. The van der Waals surface area contributed by atoms with Crippen molar-refractivity contribution in [2.24, 2.45) is 5.73 Å². The van der Waals surface area contributed by atoms with E-state index in [4.69, 9.17) is 21.8 Å². The lowest BCUT2D eigenvalue weighted by molar-refractivity contribution is 0.490. The summed E-state index contributed by atoms with van der Waals surface area (Å²) >= 11 is 5.77. The van der Waals surface area contributed by atoms with Crippen LogP contribution in [0.2, 0.25) is 5.22 Å². The standard InChI is InChI=1S/C16H20ClNO/c1-4-16(2,3)12-7-5-11(6-8-12)15(18)13-9-10-14(17)19-13/h5-10,15H,4,18H2,1-3H3. The van der Waals surface area contributed by atoms with Gasteiger partial charge in [0.15, 0.2) is 5.22 Å². The molecule has 1 atom stereocenters. The Hall–Kier alpha value is -1.25. The first-order valence-corrected chi connectivity index (χ1v) is 6.93. The van der Waals surface area contributed by atoms with Crippen molar-refractivity contribution in [1.82, 2.24) is 0 Å². The van der Waals surface area contributed by atoms with Gasteiger partial charge in [0.1, 0.15) is 5.76 Å². The van der Waals surface area contributed by atoms with Gasteiger partial charge >= 0.3 is 0 Å². The van der Waals surface area contributed by atoms with E-state index in [2.05, 4.69) is 45.0 Å². The molecule has 0 saturated heterocycles. The van der Waals surface area contributed by atoms with Gasteiger partial charge in [-0.3, -0.25) is 0 Å². The van der Waals surface area contributed by atoms with E-state index in [1.807, 2.05) is 6.07 Å². The first-order chi connectivity index (χ1) is 8.94. The molecule has 0 aliphatic rings. The highest BCUT2D eigenvalue weighted by molar-refractivity contribution is 6.28. The summed E-state index contributed by atoms with van der Waals surface area (Å²) in [5, 5.41) is 0.370. The van der Waals surface area contributed by atoms with Gasteiger partial charge < -0.3 is 10.2 Å². The number of rotatable bonds is 4. The third kappa shape index (κ3) is 3.02. The van der Waals surface area contributed by atoms with E-state index in [9.17, 15) is 0 Å². The average Bonchev–Trinajstić information content (AvgIpc) is 2.85. The Morgan fingerprint density at radius 1 is 1.16 bits per heavy atom. The topological polar surface area (TPSA) is 39.2 Å². The normalized spacial score (nSPS) is 13.5. The minimum Gasteiger partial charge on any atom is -0.448 e. The van der Waals surface area contributed by atoms with Crippen LogP contribution in [0.15, 0.2) is 40.8 Å². The molecule has 1 aromatic heterocycles. The lowest BCUT2D eigenvalue weighted by Gasteiger charge is -2.23. The maximum Gasteiger partial charge on any atom is 0.193 e. The Kier molecular flexibility index (Phi) is 4.02. The molecule has 2 N–H and O–H groups in total. The second kappa shape index (κ2) is 5.40. The van der Waals surface area contributed by atoms with Gasteiger partial charge in [-0.25, -0.2) is 0 Å².